The highest BCUT2D eigenvalue weighted by Gasteiger charge is 2.16. The number of likely N-dealkylation sites (N-methyl/N-ethyl adjacent to an activating group) is 1. The van der Waals surface area contributed by atoms with Crippen LogP contribution in [0.4, 0.5) is 0 Å². The van der Waals surface area contributed by atoms with Crippen LogP contribution >= 0.6 is 24.0 Å². The lowest BCUT2D eigenvalue weighted by molar-refractivity contribution is 0.139. The van der Waals surface area contributed by atoms with Crippen molar-refractivity contribution >= 4 is 29.9 Å². The summed E-state index contributed by atoms with van der Waals surface area (Å²) in [5.74, 6) is 2.98. The van der Waals surface area contributed by atoms with Crippen molar-refractivity contribution < 1.29 is 9.47 Å². The number of hydrogen-bond donors (Lipinski definition) is 2. The van der Waals surface area contributed by atoms with E-state index in [0.717, 1.165) is 68.8 Å². The second kappa shape index (κ2) is 13.9. The predicted molar refractivity (Wildman–Crippen MR) is 131 cm³/mol. The highest BCUT2D eigenvalue weighted by atomic mass is 127. The van der Waals surface area contributed by atoms with E-state index in [4.69, 9.17) is 14.5 Å². The zero-order valence-electron chi connectivity index (χ0n) is 18.5. The van der Waals surface area contributed by atoms with Gasteiger partial charge in [0, 0.05) is 57.4 Å². The van der Waals surface area contributed by atoms with E-state index in [1.165, 1.54) is 0 Å². The van der Waals surface area contributed by atoms with Gasteiger partial charge in [0.15, 0.2) is 5.96 Å². The maximum Gasteiger partial charge on any atom is 0.191 e. The Morgan fingerprint density at radius 1 is 1.14 bits per heavy atom. The average molecular weight is 519 g/mol. The van der Waals surface area contributed by atoms with Gasteiger partial charge in [-0.25, -0.2) is 4.99 Å². The standard InChI is InChI=1S/C21H37N5O2.HI/c1-6-22-21(23-14-17(2)16-26-11-9-25(3)10-12-26)24-15-18-7-8-19(27-4)13-20(18)28-5;/h7-8,13,17H,6,9-12,14-16H2,1-5H3,(H2,22,23,24);1H. The summed E-state index contributed by atoms with van der Waals surface area (Å²) in [5, 5.41) is 6.82. The van der Waals surface area contributed by atoms with Gasteiger partial charge in [-0.05, 0) is 32.0 Å². The molecular formula is C21H38IN5O2. The number of ether oxygens (including phenoxy) is 2. The molecule has 1 aliphatic heterocycles. The summed E-state index contributed by atoms with van der Waals surface area (Å²) < 4.78 is 10.7. The zero-order chi connectivity index (χ0) is 20.4. The fourth-order valence-electron chi connectivity index (χ4n) is 3.30. The van der Waals surface area contributed by atoms with Gasteiger partial charge < -0.3 is 29.9 Å². The van der Waals surface area contributed by atoms with Gasteiger partial charge in [0.25, 0.3) is 0 Å². The Kier molecular flexibility index (Phi) is 12.3. The molecular weight excluding hydrogens is 481 g/mol. The molecule has 0 amide bonds. The number of aliphatic imine (C=N–C) groups is 1. The lowest BCUT2D eigenvalue weighted by atomic mass is 10.1. The van der Waals surface area contributed by atoms with Crippen molar-refractivity contribution in [3.05, 3.63) is 23.8 Å². The first-order valence-corrected chi connectivity index (χ1v) is 10.2. The van der Waals surface area contributed by atoms with Crippen molar-refractivity contribution in [2.45, 2.75) is 20.4 Å². The van der Waals surface area contributed by atoms with E-state index in [1.807, 2.05) is 18.2 Å². The second-order valence-electron chi connectivity index (χ2n) is 7.46. The van der Waals surface area contributed by atoms with Crippen molar-refractivity contribution in [3.8, 4) is 11.5 Å². The molecule has 8 heteroatoms. The van der Waals surface area contributed by atoms with Crippen molar-refractivity contribution in [1.82, 2.24) is 20.4 Å². The smallest absolute Gasteiger partial charge is 0.191 e. The van der Waals surface area contributed by atoms with Crippen LogP contribution < -0.4 is 20.1 Å². The molecule has 0 aromatic heterocycles. The number of halogens is 1. The molecule has 0 spiro atoms. The fraction of sp³-hybridized carbons (Fsp3) is 0.667. The Morgan fingerprint density at radius 3 is 2.48 bits per heavy atom. The molecule has 1 saturated heterocycles. The van der Waals surface area contributed by atoms with E-state index in [1.54, 1.807) is 14.2 Å². The van der Waals surface area contributed by atoms with E-state index in [9.17, 15) is 0 Å². The molecule has 0 bridgehead atoms. The topological polar surface area (TPSA) is 61.4 Å². The fourth-order valence-corrected chi connectivity index (χ4v) is 3.30. The normalized spacial score (nSPS) is 16.7. The van der Waals surface area contributed by atoms with Crippen LogP contribution in [-0.4, -0.2) is 82.8 Å². The molecule has 0 radical (unpaired) electrons. The molecule has 166 valence electrons. The van der Waals surface area contributed by atoms with Gasteiger partial charge in [-0.1, -0.05) is 6.92 Å². The summed E-state index contributed by atoms with van der Waals surface area (Å²) in [6.45, 7) is 12.4. The summed E-state index contributed by atoms with van der Waals surface area (Å²) in [6.07, 6.45) is 0. The van der Waals surface area contributed by atoms with Gasteiger partial charge in [0.2, 0.25) is 0 Å². The molecule has 2 rings (SSSR count). The number of nitrogens with zero attached hydrogens (tertiary/aromatic N) is 3. The van der Waals surface area contributed by atoms with Crippen molar-refractivity contribution in [2.24, 2.45) is 10.9 Å². The Labute approximate surface area is 193 Å². The Balaban J connectivity index is 0.00000420. The molecule has 7 nitrogen and oxygen atoms in total. The third-order valence-corrected chi connectivity index (χ3v) is 5.03. The largest absolute Gasteiger partial charge is 0.497 e. The highest BCUT2D eigenvalue weighted by molar-refractivity contribution is 14.0. The van der Waals surface area contributed by atoms with Crippen LogP contribution in [0.25, 0.3) is 0 Å². The molecule has 1 fully saturated rings. The molecule has 1 atom stereocenters. The summed E-state index contributed by atoms with van der Waals surface area (Å²) >= 11 is 0. The molecule has 1 aromatic rings. The lowest BCUT2D eigenvalue weighted by Crippen LogP contribution is -2.47. The van der Waals surface area contributed by atoms with Crippen molar-refractivity contribution in [3.63, 3.8) is 0 Å². The number of methoxy groups -OCH3 is 2. The number of rotatable bonds is 9. The molecule has 1 aliphatic rings. The number of benzene rings is 1. The van der Waals surface area contributed by atoms with Gasteiger partial charge >= 0.3 is 0 Å². The summed E-state index contributed by atoms with van der Waals surface area (Å²) in [6, 6.07) is 5.83. The maximum absolute atomic E-state index is 5.47. The van der Waals surface area contributed by atoms with Gasteiger partial charge in [-0.2, -0.15) is 0 Å². The van der Waals surface area contributed by atoms with Crippen LogP contribution in [-0.2, 0) is 6.54 Å². The van der Waals surface area contributed by atoms with E-state index >= 15 is 0 Å². The molecule has 1 unspecified atom stereocenters. The van der Waals surface area contributed by atoms with E-state index in [-0.39, 0.29) is 24.0 Å². The third kappa shape index (κ3) is 8.96. The SMILES string of the molecule is CCNC(=NCc1ccc(OC)cc1OC)NCC(C)CN1CCN(C)CC1.I. The number of hydrogen-bond acceptors (Lipinski definition) is 5. The maximum atomic E-state index is 5.47. The molecule has 0 aliphatic carbocycles. The number of guanidine groups is 1. The predicted octanol–water partition coefficient (Wildman–Crippen LogP) is 2.26. The van der Waals surface area contributed by atoms with Gasteiger partial charge in [-0.15, -0.1) is 24.0 Å². The Hall–Kier alpha value is -1.26. The number of piperazine rings is 1. The minimum absolute atomic E-state index is 0. The van der Waals surface area contributed by atoms with Crippen LogP contribution in [0.5, 0.6) is 11.5 Å². The quantitative estimate of drug-likeness (QED) is 0.297. The summed E-state index contributed by atoms with van der Waals surface area (Å²) in [4.78, 5) is 9.68. The first kappa shape index (κ1) is 25.8. The highest BCUT2D eigenvalue weighted by Crippen LogP contribution is 2.25. The van der Waals surface area contributed by atoms with Crippen LogP contribution in [0.1, 0.15) is 19.4 Å². The second-order valence-corrected chi connectivity index (χ2v) is 7.46. The van der Waals surface area contributed by atoms with Gasteiger partial charge in [-0.3, -0.25) is 0 Å². The van der Waals surface area contributed by atoms with Crippen LogP contribution in [0.15, 0.2) is 23.2 Å². The van der Waals surface area contributed by atoms with E-state index < -0.39 is 0 Å². The minimum atomic E-state index is 0. The minimum Gasteiger partial charge on any atom is -0.497 e. The van der Waals surface area contributed by atoms with E-state index in [2.05, 4.69) is 41.3 Å². The molecule has 1 heterocycles. The lowest BCUT2D eigenvalue weighted by Gasteiger charge is -2.34. The molecule has 29 heavy (non-hydrogen) atoms. The first-order chi connectivity index (χ1) is 13.5. The van der Waals surface area contributed by atoms with Crippen LogP contribution in [0.3, 0.4) is 0 Å². The number of nitrogens with one attached hydrogen (secondary N) is 2. The van der Waals surface area contributed by atoms with Gasteiger partial charge in [0.05, 0.1) is 20.8 Å². The van der Waals surface area contributed by atoms with Gasteiger partial charge in [0.1, 0.15) is 11.5 Å². The van der Waals surface area contributed by atoms with E-state index in [0.29, 0.717) is 12.5 Å². The van der Waals surface area contributed by atoms with Crippen LogP contribution in [0.2, 0.25) is 0 Å². The monoisotopic (exact) mass is 519 g/mol. The average Bonchev–Trinajstić information content (AvgIpc) is 2.71. The Bertz CT molecular complexity index is 621. The Morgan fingerprint density at radius 2 is 1.86 bits per heavy atom. The zero-order valence-corrected chi connectivity index (χ0v) is 20.9. The molecule has 2 N–H and O–H groups in total. The summed E-state index contributed by atoms with van der Waals surface area (Å²) in [5.41, 5.74) is 1.03. The van der Waals surface area contributed by atoms with Crippen LogP contribution in [0, 0.1) is 5.92 Å². The van der Waals surface area contributed by atoms with Crippen molar-refractivity contribution in [2.75, 3.05) is 67.1 Å². The summed E-state index contributed by atoms with van der Waals surface area (Å²) in [7, 11) is 5.52. The molecule has 1 aromatic carbocycles. The molecule has 0 saturated carbocycles. The third-order valence-electron chi connectivity index (χ3n) is 5.03. The first-order valence-electron chi connectivity index (χ1n) is 10.2. The van der Waals surface area contributed by atoms with Crippen molar-refractivity contribution in [1.29, 1.82) is 0 Å².